The van der Waals surface area contributed by atoms with E-state index in [4.69, 9.17) is 9.84 Å². The van der Waals surface area contributed by atoms with E-state index in [-0.39, 0.29) is 12.5 Å². The lowest BCUT2D eigenvalue weighted by molar-refractivity contribution is 0.272. The van der Waals surface area contributed by atoms with E-state index in [1.54, 1.807) is 19.4 Å². The van der Waals surface area contributed by atoms with Crippen LogP contribution in [-0.2, 0) is 0 Å². The lowest BCUT2D eigenvalue weighted by atomic mass is 10.1. The van der Waals surface area contributed by atoms with Gasteiger partial charge in [-0.2, -0.15) is 0 Å². The SMILES string of the molecule is COc1ccc([C@H](C)CO)cn1. The number of aliphatic hydroxyl groups is 1. The van der Waals surface area contributed by atoms with Crippen LogP contribution in [0.3, 0.4) is 0 Å². The Labute approximate surface area is 72.0 Å². The van der Waals surface area contributed by atoms with Gasteiger partial charge in [0.2, 0.25) is 5.88 Å². The Bertz CT molecular complexity index is 233. The first-order valence-corrected chi connectivity index (χ1v) is 3.88. The predicted molar refractivity (Wildman–Crippen MR) is 46.3 cm³/mol. The van der Waals surface area contributed by atoms with Crippen molar-refractivity contribution in [2.24, 2.45) is 0 Å². The standard InChI is InChI=1S/C9H13NO2/c1-7(6-11)8-3-4-9(12-2)10-5-8/h3-5,7,11H,6H2,1-2H3/t7-/m1/s1. The third-order valence-electron chi connectivity index (χ3n) is 1.81. The third-order valence-corrected chi connectivity index (χ3v) is 1.81. The molecule has 0 aliphatic carbocycles. The lowest BCUT2D eigenvalue weighted by Gasteiger charge is -2.07. The summed E-state index contributed by atoms with van der Waals surface area (Å²) in [7, 11) is 1.58. The van der Waals surface area contributed by atoms with Gasteiger partial charge in [-0.3, -0.25) is 0 Å². The molecule has 1 N–H and O–H groups in total. The fourth-order valence-electron chi connectivity index (χ4n) is 0.909. The molecule has 3 heteroatoms. The summed E-state index contributed by atoms with van der Waals surface area (Å²) in [5, 5.41) is 8.86. The molecular formula is C9H13NO2. The maximum Gasteiger partial charge on any atom is 0.212 e. The number of aromatic nitrogens is 1. The molecular weight excluding hydrogens is 154 g/mol. The highest BCUT2D eigenvalue weighted by Crippen LogP contribution is 2.15. The molecule has 12 heavy (non-hydrogen) atoms. The van der Waals surface area contributed by atoms with Gasteiger partial charge in [0.25, 0.3) is 0 Å². The highest BCUT2D eigenvalue weighted by molar-refractivity contribution is 5.20. The van der Waals surface area contributed by atoms with Crippen LogP contribution >= 0.6 is 0 Å². The minimum atomic E-state index is 0.142. The van der Waals surface area contributed by atoms with Crippen LogP contribution in [0.5, 0.6) is 5.88 Å². The molecule has 1 heterocycles. The Hall–Kier alpha value is -1.09. The predicted octanol–water partition coefficient (Wildman–Crippen LogP) is 1.19. The first-order chi connectivity index (χ1) is 5.77. The Morgan fingerprint density at radius 3 is 2.75 bits per heavy atom. The molecule has 0 unspecified atom stereocenters. The number of aliphatic hydroxyl groups excluding tert-OH is 1. The number of nitrogens with zero attached hydrogens (tertiary/aromatic N) is 1. The van der Waals surface area contributed by atoms with Crippen molar-refractivity contribution >= 4 is 0 Å². The van der Waals surface area contributed by atoms with Gasteiger partial charge in [0, 0.05) is 24.8 Å². The average Bonchev–Trinajstić information content (AvgIpc) is 2.17. The number of pyridine rings is 1. The molecule has 3 nitrogen and oxygen atoms in total. The molecule has 1 atom stereocenters. The van der Waals surface area contributed by atoms with Gasteiger partial charge in [-0.05, 0) is 5.56 Å². The van der Waals surface area contributed by atoms with Gasteiger partial charge in [-0.1, -0.05) is 13.0 Å². The van der Waals surface area contributed by atoms with Crippen molar-refractivity contribution in [2.45, 2.75) is 12.8 Å². The second kappa shape index (κ2) is 4.07. The molecule has 1 aromatic heterocycles. The minimum absolute atomic E-state index is 0.142. The Morgan fingerprint density at radius 2 is 2.33 bits per heavy atom. The fraction of sp³-hybridized carbons (Fsp3) is 0.444. The number of ether oxygens (including phenoxy) is 1. The van der Waals surface area contributed by atoms with Crippen molar-refractivity contribution in [1.82, 2.24) is 4.98 Å². The summed E-state index contributed by atoms with van der Waals surface area (Å²) in [6.45, 7) is 2.09. The van der Waals surface area contributed by atoms with E-state index >= 15 is 0 Å². The quantitative estimate of drug-likeness (QED) is 0.735. The first-order valence-electron chi connectivity index (χ1n) is 3.88. The largest absolute Gasteiger partial charge is 0.481 e. The van der Waals surface area contributed by atoms with Gasteiger partial charge < -0.3 is 9.84 Å². The van der Waals surface area contributed by atoms with Gasteiger partial charge in [-0.15, -0.1) is 0 Å². The third kappa shape index (κ3) is 1.95. The van der Waals surface area contributed by atoms with Gasteiger partial charge in [0.1, 0.15) is 0 Å². The maximum atomic E-state index is 8.86. The van der Waals surface area contributed by atoms with Crippen molar-refractivity contribution < 1.29 is 9.84 Å². The zero-order valence-corrected chi connectivity index (χ0v) is 7.32. The van der Waals surface area contributed by atoms with Crippen LogP contribution in [0.15, 0.2) is 18.3 Å². The van der Waals surface area contributed by atoms with Gasteiger partial charge in [0.15, 0.2) is 0 Å². The topological polar surface area (TPSA) is 42.4 Å². The second-order valence-electron chi connectivity index (χ2n) is 2.72. The molecule has 0 aliphatic heterocycles. The molecule has 0 aromatic carbocycles. The number of methoxy groups -OCH3 is 1. The number of rotatable bonds is 3. The van der Waals surface area contributed by atoms with Crippen LogP contribution < -0.4 is 4.74 Å². The molecule has 0 saturated heterocycles. The Kier molecular flexibility index (Phi) is 3.05. The minimum Gasteiger partial charge on any atom is -0.481 e. The number of hydrogen-bond acceptors (Lipinski definition) is 3. The highest BCUT2D eigenvalue weighted by atomic mass is 16.5. The summed E-state index contributed by atoms with van der Waals surface area (Å²) in [6, 6.07) is 3.70. The Balaban J connectivity index is 2.77. The maximum absolute atomic E-state index is 8.86. The van der Waals surface area contributed by atoms with E-state index in [9.17, 15) is 0 Å². The van der Waals surface area contributed by atoms with E-state index in [1.165, 1.54) is 0 Å². The smallest absolute Gasteiger partial charge is 0.212 e. The van der Waals surface area contributed by atoms with Crippen molar-refractivity contribution in [2.75, 3.05) is 13.7 Å². The van der Waals surface area contributed by atoms with Crippen LogP contribution in [0.4, 0.5) is 0 Å². The molecule has 0 saturated carbocycles. The zero-order chi connectivity index (χ0) is 8.97. The van der Waals surface area contributed by atoms with Gasteiger partial charge in [-0.25, -0.2) is 4.98 Å². The molecule has 0 aliphatic rings. The molecule has 0 bridgehead atoms. The molecule has 0 radical (unpaired) electrons. The normalized spacial score (nSPS) is 12.6. The number of hydrogen-bond donors (Lipinski definition) is 1. The average molecular weight is 167 g/mol. The summed E-state index contributed by atoms with van der Waals surface area (Å²) in [5.41, 5.74) is 1.03. The van der Waals surface area contributed by atoms with Crippen LogP contribution in [0.1, 0.15) is 18.4 Å². The van der Waals surface area contributed by atoms with Crippen molar-refractivity contribution in [1.29, 1.82) is 0 Å². The monoisotopic (exact) mass is 167 g/mol. The van der Waals surface area contributed by atoms with Crippen LogP contribution in [0, 0.1) is 0 Å². The van der Waals surface area contributed by atoms with Crippen molar-refractivity contribution in [3.63, 3.8) is 0 Å². The molecule has 66 valence electrons. The summed E-state index contributed by atoms with van der Waals surface area (Å²) >= 11 is 0. The van der Waals surface area contributed by atoms with Crippen molar-refractivity contribution in [3.8, 4) is 5.88 Å². The van der Waals surface area contributed by atoms with Gasteiger partial charge in [0.05, 0.1) is 7.11 Å². The molecule has 1 aromatic rings. The summed E-state index contributed by atoms with van der Waals surface area (Å²) < 4.78 is 4.91. The molecule has 0 amide bonds. The van der Waals surface area contributed by atoms with Crippen LogP contribution in [0.2, 0.25) is 0 Å². The molecule has 1 rings (SSSR count). The first kappa shape index (κ1) is 9.00. The summed E-state index contributed by atoms with van der Waals surface area (Å²) in [6.07, 6.45) is 1.72. The fourth-order valence-corrected chi connectivity index (χ4v) is 0.909. The van der Waals surface area contributed by atoms with E-state index in [0.717, 1.165) is 5.56 Å². The van der Waals surface area contributed by atoms with Crippen molar-refractivity contribution in [3.05, 3.63) is 23.9 Å². The lowest BCUT2D eigenvalue weighted by Crippen LogP contribution is -1.99. The van der Waals surface area contributed by atoms with E-state index in [1.807, 2.05) is 13.0 Å². The van der Waals surface area contributed by atoms with Crippen LogP contribution in [-0.4, -0.2) is 23.8 Å². The van der Waals surface area contributed by atoms with Crippen LogP contribution in [0.25, 0.3) is 0 Å². The second-order valence-corrected chi connectivity index (χ2v) is 2.72. The molecule has 0 spiro atoms. The van der Waals surface area contributed by atoms with E-state index < -0.39 is 0 Å². The highest BCUT2D eigenvalue weighted by Gasteiger charge is 2.03. The summed E-state index contributed by atoms with van der Waals surface area (Å²) in [5.74, 6) is 0.743. The molecule has 0 fully saturated rings. The van der Waals surface area contributed by atoms with Gasteiger partial charge >= 0.3 is 0 Å². The summed E-state index contributed by atoms with van der Waals surface area (Å²) in [4.78, 5) is 4.03. The van der Waals surface area contributed by atoms with E-state index in [2.05, 4.69) is 4.98 Å². The zero-order valence-electron chi connectivity index (χ0n) is 7.32. The Morgan fingerprint density at radius 1 is 1.58 bits per heavy atom. The van der Waals surface area contributed by atoms with E-state index in [0.29, 0.717) is 5.88 Å².